The smallest absolute Gasteiger partial charge is 0.239 e. The van der Waals surface area contributed by atoms with Gasteiger partial charge in [0.15, 0.2) is 0 Å². The van der Waals surface area contributed by atoms with Crippen LogP contribution in [0, 0.1) is 0 Å². The van der Waals surface area contributed by atoms with E-state index in [4.69, 9.17) is 23.2 Å². The van der Waals surface area contributed by atoms with Crippen LogP contribution in [-0.4, -0.2) is 23.6 Å². The van der Waals surface area contributed by atoms with Crippen molar-refractivity contribution in [2.45, 2.75) is 12.8 Å². The third kappa shape index (κ3) is 5.87. The zero-order valence-electron chi connectivity index (χ0n) is 13.0. The van der Waals surface area contributed by atoms with Crippen LogP contribution >= 0.6 is 23.2 Å². The Morgan fingerprint density at radius 2 is 1.00 bits per heavy atom. The highest BCUT2D eigenvalue weighted by Gasteiger charge is 2.02. The van der Waals surface area contributed by atoms with Gasteiger partial charge >= 0.3 is 0 Å². The zero-order chi connectivity index (χ0) is 17.4. The Hall–Kier alpha value is -2.04. The molecule has 0 aliphatic heterocycles. The summed E-state index contributed by atoms with van der Waals surface area (Å²) in [7, 11) is 0. The number of aryl methyl sites for hydroxylation is 2. The fraction of sp³-hybridized carbons (Fsp3) is 0.222. The van der Waals surface area contributed by atoms with E-state index >= 15 is 0 Å². The lowest BCUT2D eigenvalue weighted by atomic mass is 10.0. The normalized spacial score (nSPS) is 10.2. The second kappa shape index (κ2) is 9.30. The zero-order valence-corrected chi connectivity index (χ0v) is 14.5. The lowest BCUT2D eigenvalue weighted by Gasteiger charge is -2.07. The molecule has 2 N–H and O–H groups in total. The Bertz CT molecular complexity index is 624. The molecule has 2 amide bonds. The molecule has 6 heteroatoms. The van der Waals surface area contributed by atoms with E-state index < -0.39 is 0 Å². The van der Waals surface area contributed by atoms with Crippen molar-refractivity contribution in [1.29, 1.82) is 0 Å². The summed E-state index contributed by atoms with van der Waals surface area (Å²) in [6.07, 6.45) is 1.77. The quantitative estimate of drug-likeness (QED) is 0.733. The van der Waals surface area contributed by atoms with Gasteiger partial charge in [-0.25, -0.2) is 0 Å². The molecule has 4 nitrogen and oxygen atoms in total. The van der Waals surface area contributed by atoms with Gasteiger partial charge in [-0.3, -0.25) is 9.59 Å². The second-order valence-corrected chi connectivity index (χ2v) is 5.79. The van der Waals surface area contributed by atoms with E-state index in [1.54, 1.807) is 0 Å². The minimum Gasteiger partial charge on any atom is -0.325 e. The molecule has 0 fully saturated rings. The van der Waals surface area contributed by atoms with Crippen LogP contribution in [0.1, 0.15) is 11.1 Å². The van der Waals surface area contributed by atoms with Crippen LogP contribution in [0.15, 0.2) is 48.5 Å². The minimum absolute atomic E-state index is 0.0525. The van der Waals surface area contributed by atoms with Gasteiger partial charge in [0.2, 0.25) is 11.8 Å². The number of nitrogens with one attached hydrogen (secondary N) is 2. The van der Waals surface area contributed by atoms with Crippen molar-refractivity contribution in [3.63, 3.8) is 0 Å². The van der Waals surface area contributed by atoms with Crippen LogP contribution in [0.3, 0.4) is 0 Å². The summed E-state index contributed by atoms with van der Waals surface area (Å²) >= 11 is 10.9. The molecule has 126 valence electrons. The summed E-state index contributed by atoms with van der Waals surface area (Å²) < 4.78 is 0. The molecule has 0 aliphatic carbocycles. The molecule has 0 atom stereocenters. The van der Waals surface area contributed by atoms with Crippen LogP contribution in [-0.2, 0) is 22.4 Å². The molecule has 0 aromatic heterocycles. The number of benzene rings is 2. The second-order valence-electron chi connectivity index (χ2n) is 5.26. The molecule has 0 spiro atoms. The van der Waals surface area contributed by atoms with Crippen molar-refractivity contribution in [1.82, 2.24) is 0 Å². The number of alkyl halides is 2. The van der Waals surface area contributed by atoms with E-state index in [-0.39, 0.29) is 23.6 Å². The Labute approximate surface area is 151 Å². The lowest BCUT2D eigenvalue weighted by molar-refractivity contribution is -0.114. The monoisotopic (exact) mass is 364 g/mol. The highest BCUT2D eigenvalue weighted by atomic mass is 35.5. The summed E-state index contributed by atoms with van der Waals surface area (Å²) in [5.41, 5.74) is 3.84. The largest absolute Gasteiger partial charge is 0.325 e. The molecule has 0 saturated carbocycles. The maximum Gasteiger partial charge on any atom is 0.239 e. The minimum atomic E-state index is -0.217. The van der Waals surface area contributed by atoms with Gasteiger partial charge in [0.25, 0.3) is 0 Å². The summed E-state index contributed by atoms with van der Waals surface area (Å²) in [6.45, 7) is 0. The number of hydrogen-bond donors (Lipinski definition) is 2. The van der Waals surface area contributed by atoms with Crippen LogP contribution in [0.5, 0.6) is 0 Å². The van der Waals surface area contributed by atoms with E-state index in [1.165, 1.54) is 11.1 Å². The van der Waals surface area contributed by atoms with Crippen molar-refractivity contribution in [3.8, 4) is 0 Å². The third-order valence-corrected chi connectivity index (χ3v) is 3.91. The van der Waals surface area contributed by atoms with Crippen molar-refractivity contribution in [3.05, 3.63) is 59.7 Å². The van der Waals surface area contributed by atoms with Crippen molar-refractivity contribution < 1.29 is 9.59 Å². The molecule has 2 rings (SSSR count). The summed E-state index contributed by atoms with van der Waals surface area (Å²) in [4.78, 5) is 22.4. The first-order valence-electron chi connectivity index (χ1n) is 7.50. The van der Waals surface area contributed by atoms with Gasteiger partial charge in [0.05, 0.1) is 0 Å². The van der Waals surface area contributed by atoms with E-state index in [0.717, 1.165) is 24.2 Å². The van der Waals surface area contributed by atoms with Crippen LogP contribution in [0.2, 0.25) is 0 Å². The number of carbonyl (C=O) groups is 2. The number of amides is 2. The summed E-state index contributed by atoms with van der Waals surface area (Å²) in [5.74, 6) is -0.539. The fourth-order valence-electron chi connectivity index (χ4n) is 2.19. The first-order chi connectivity index (χ1) is 11.6. The predicted molar refractivity (Wildman–Crippen MR) is 99.0 cm³/mol. The Balaban J connectivity index is 1.86. The molecule has 0 aliphatic rings. The molecule has 24 heavy (non-hydrogen) atoms. The van der Waals surface area contributed by atoms with Gasteiger partial charge in [0, 0.05) is 11.4 Å². The molecular formula is C18H18Cl2N2O2. The molecule has 2 aromatic rings. The number of anilines is 2. The standard InChI is InChI=1S/C18H18Cl2N2O2/c19-11-17(23)21-15-7-3-13(4-8-15)1-2-14-5-9-16(10-6-14)22-18(24)12-20/h3-10H,1-2,11-12H2,(H,21,23)(H,22,24). The molecular weight excluding hydrogens is 347 g/mol. The summed E-state index contributed by atoms with van der Waals surface area (Å²) in [5, 5.41) is 5.41. The highest BCUT2D eigenvalue weighted by Crippen LogP contribution is 2.14. The number of rotatable bonds is 7. The van der Waals surface area contributed by atoms with E-state index in [9.17, 15) is 9.59 Å². The van der Waals surface area contributed by atoms with Gasteiger partial charge in [-0.05, 0) is 48.2 Å². The molecule has 0 unspecified atom stereocenters. The average molecular weight is 365 g/mol. The van der Waals surface area contributed by atoms with Gasteiger partial charge in [-0.2, -0.15) is 0 Å². The topological polar surface area (TPSA) is 58.2 Å². The predicted octanol–water partition coefficient (Wildman–Crippen LogP) is 3.83. The number of carbonyl (C=O) groups excluding carboxylic acids is 2. The van der Waals surface area contributed by atoms with E-state index in [2.05, 4.69) is 10.6 Å². The van der Waals surface area contributed by atoms with Crippen molar-refractivity contribution in [2.75, 3.05) is 22.4 Å². The van der Waals surface area contributed by atoms with E-state index in [0.29, 0.717) is 0 Å². The van der Waals surface area contributed by atoms with Crippen molar-refractivity contribution in [2.24, 2.45) is 0 Å². The average Bonchev–Trinajstić information content (AvgIpc) is 2.62. The van der Waals surface area contributed by atoms with Crippen LogP contribution < -0.4 is 10.6 Å². The van der Waals surface area contributed by atoms with Gasteiger partial charge in [-0.15, -0.1) is 23.2 Å². The lowest BCUT2D eigenvalue weighted by Crippen LogP contribution is -2.12. The molecule has 0 radical (unpaired) electrons. The van der Waals surface area contributed by atoms with Gasteiger partial charge in [-0.1, -0.05) is 24.3 Å². The fourth-order valence-corrected chi connectivity index (χ4v) is 2.32. The highest BCUT2D eigenvalue weighted by molar-refractivity contribution is 6.29. The molecule has 2 aromatic carbocycles. The SMILES string of the molecule is O=C(CCl)Nc1ccc(CCc2ccc(NC(=O)CCl)cc2)cc1. The number of halogens is 2. The molecule has 0 saturated heterocycles. The Kier molecular flexibility index (Phi) is 7.09. The Morgan fingerprint density at radius 3 is 1.29 bits per heavy atom. The van der Waals surface area contributed by atoms with Gasteiger partial charge < -0.3 is 10.6 Å². The maximum atomic E-state index is 11.2. The molecule has 0 heterocycles. The molecule has 0 bridgehead atoms. The number of hydrogen-bond acceptors (Lipinski definition) is 2. The maximum absolute atomic E-state index is 11.2. The first-order valence-corrected chi connectivity index (χ1v) is 8.57. The summed E-state index contributed by atoms with van der Waals surface area (Å²) in [6, 6.07) is 15.4. The van der Waals surface area contributed by atoms with Gasteiger partial charge in [0.1, 0.15) is 11.8 Å². The van der Waals surface area contributed by atoms with Crippen molar-refractivity contribution >= 4 is 46.4 Å². The van der Waals surface area contributed by atoms with E-state index in [1.807, 2.05) is 48.5 Å². The van der Waals surface area contributed by atoms with Crippen LogP contribution in [0.25, 0.3) is 0 Å². The van der Waals surface area contributed by atoms with Crippen LogP contribution in [0.4, 0.5) is 11.4 Å². The third-order valence-electron chi connectivity index (χ3n) is 3.42. The Morgan fingerprint density at radius 1 is 0.667 bits per heavy atom. The first kappa shape index (κ1) is 18.3.